The van der Waals surface area contributed by atoms with Gasteiger partial charge in [-0.1, -0.05) is 30.3 Å². The van der Waals surface area contributed by atoms with Crippen LogP contribution in [0.3, 0.4) is 0 Å². The molecule has 0 aromatic heterocycles. The highest BCUT2D eigenvalue weighted by molar-refractivity contribution is 5.79. The molecule has 1 aliphatic rings. The number of aliphatic hydroxyl groups excluding tert-OH is 1. The highest BCUT2D eigenvalue weighted by atomic mass is 16.5. The third-order valence-corrected chi connectivity index (χ3v) is 4.65. The van der Waals surface area contributed by atoms with Gasteiger partial charge in [0.05, 0.1) is 19.3 Å². The molecule has 6 heteroatoms. The Morgan fingerprint density at radius 2 is 2.16 bits per heavy atom. The van der Waals surface area contributed by atoms with Crippen LogP contribution in [0.4, 0.5) is 0 Å². The van der Waals surface area contributed by atoms with Gasteiger partial charge in [-0.25, -0.2) is 0 Å². The van der Waals surface area contributed by atoms with Crippen LogP contribution in [0.25, 0.3) is 0 Å². The summed E-state index contributed by atoms with van der Waals surface area (Å²) in [6, 6.07) is 10.1. The van der Waals surface area contributed by atoms with Gasteiger partial charge in [0.25, 0.3) is 0 Å². The fraction of sp³-hybridized carbons (Fsp3) is 0.632. The third-order valence-electron chi connectivity index (χ3n) is 4.65. The quantitative estimate of drug-likeness (QED) is 0.468. The number of aliphatic hydroxyl groups is 1. The van der Waals surface area contributed by atoms with Gasteiger partial charge in [0, 0.05) is 38.8 Å². The molecule has 25 heavy (non-hydrogen) atoms. The first-order valence-corrected chi connectivity index (χ1v) is 9.01. The maximum Gasteiger partial charge on any atom is 0.191 e. The average Bonchev–Trinajstić information content (AvgIpc) is 3.10. The number of aliphatic imine (C=N–C) groups is 1. The number of hydrogen-bond donors (Lipinski definition) is 3. The summed E-state index contributed by atoms with van der Waals surface area (Å²) in [7, 11) is 1.72. The minimum Gasteiger partial charge on any atom is -0.396 e. The van der Waals surface area contributed by atoms with Crippen LogP contribution in [0.15, 0.2) is 35.3 Å². The molecule has 6 nitrogen and oxygen atoms in total. The molecule has 1 aliphatic heterocycles. The molecule has 2 atom stereocenters. The molecule has 3 N–H and O–H groups in total. The second-order valence-electron chi connectivity index (χ2n) is 6.49. The summed E-state index contributed by atoms with van der Waals surface area (Å²) in [5.74, 6) is 0.768. The van der Waals surface area contributed by atoms with Gasteiger partial charge >= 0.3 is 0 Å². The largest absolute Gasteiger partial charge is 0.396 e. The molecule has 0 amide bonds. The minimum absolute atomic E-state index is 0.0359. The molecule has 1 heterocycles. The Morgan fingerprint density at radius 3 is 2.76 bits per heavy atom. The minimum atomic E-state index is -0.0445. The molecule has 1 aromatic carbocycles. The molecule has 2 unspecified atom stereocenters. The van der Waals surface area contributed by atoms with Gasteiger partial charge < -0.3 is 25.2 Å². The van der Waals surface area contributed by atoms with Crippen LogP contribution in [0.2, 0.25) is 0 Å². The predicted octanol–water partition coefficient (Wildman–Crippen LogP) is 1.72. The molecular weight excluding hydrogens is 318 g/mol. The van der Waals surface area contributed by atoms with Crippen molar-refractivity contribution in [2.24, 2.45) is 10.4 Å². The first-order chi connectivity index (χ1) is 12.2. The number of hydrogen-bond acceptors (Lipinski definition) is 4. The normalized spacial score (nSPS) is 22.0. The van der Waals surface area contributed by atoms with Crippen molar-refractivity contribution in [2.45, 2.75) is 25.9 Å². The van der Waals surface area contributed by atoms with E-state index in [-0.39, 0.29) is 18.1 Å². The Bertz CT molecular complexity index is 516. The first-order valence-electron chi connectivity index (χ1n) is 9.01. The van der Waals surface area contributed by atoms with Gasteiger partial charge in [0.2, 0.25) is 0 Å². The van der Waals surface area contributed by atoms with E-state index in [1.807, 2.05) is 25.1 Å². The summed E-state index contributed by atoms with van der Waals surface area (Å²) < 4.78 is 11.1. The standard InChI is InChI=1S/C19H31N3O3/c1-3-20-18(22-14-19(9-11-23)10-12-25-15-19)21-13-17(24-2)16-7-5-4-6-8-16/h4-8,17,23H,3,9-15H2,1-2H3,(H2,20,21,22). The highest BCUT2D eigenvalue weighted by Crippen LogP contribution is 2.32. The molecule has 1 saturated heterocycles. The monoisotopic (exact) mass is 349 g/mol. The fourth-order valence-corrected chi connectivity index (χ4v) is 3.07. The van der Waals surface area contributed by atoms with Gasteiger partial charge in [0.1, 0.15) is 0 Å². The second kappa shape index (κ2) is 10.4. The van der Waals surface area contributed by atoms with E-state index in [9.17, 15) is 5.11 Å². The van der Waals surface area contributed by atoms with Crippen LogP contribution in [-0.4, -0.2) is 57.6 Å². The molecule has 0 radical (unpaired) electrons. The molecule has 0 aliphatic carbocycles. The van der Waals surface area contributed by atoms with E-state index in [0.29, 0.717) is 19.7 Å². The molecule has 1 fully saturated rings. The summed E-state index contributed by atoms with van der Waals surface area (Å²) in [6.45, 7) is 5.70. The number of nitrogens with one attached hydrogen (secondary N) is 2. The number of benzene rings is 1. The van der Waals surface area contributed by atoms with Crippen molar-refractivity contribution in [1.29, 1.82) is 0 Å². The average molecular weight is 349 g/mol. The molecule has 0 bridgehead atoms. The van der Waals surface area contributed by atoms with Gasteiger partial charge in [-0.05, 0) is 25.3 Å². The van der Waals surface area contributed by atoms with Crippen molar-refractivity contribution in [1.82, 2.24) is 10.6 Å². The van der Waals surface area contributed by atoms with E-state index >= 15 is 0 Å². The zero-order valence-electron chi connectivity index (χ0n) is 15.3. The van der Waals surface area contributed by atoms with Gasteiger partial charge in [-0.2, -0.15) is 0 Å². The lowest BCUT2D eigenvalue weighted by molar-refractivity contribution is 0.106. The van der Waals surface area contributed by atoms with E-state index in [1.54, 1.807) is 7.11 Å². The number of guanidine groups is 1. The van der Waals surface area contributed by atoms with Crippen LogP contribution < -0.4 is 10.6 Å². The number of ether oxygens (including phenoxy) is 2. The summed E-state index contributed by atoms with van der Waals surface area (Å²) in [5, 5.41) is 16.0. The number of nitrogens with zero attached hydrogens (tertiary/aromatic N) is 1. The topological polar surface area (TPSA) is 75.1 Å². The Labute approximate surface area is 150 Å². The lowest BCUT2D eigenvalue weighted by Crippen LogP contribution is -2.41. The Morgan fingerprint density at radius 1 is 1.36 bits per heavy atom. The molecule has 1 aromatic rings. The van der Waals surface area contributed by atoms with Crippen LogP contribution >= 0.6 is 0 Å². The van der Waals surface area contributed by atoms with E-state index in [2.05, 4.69) is 22.8 Å². The highest BCUT2D eigenvalue weighted by Gasteiger charge is 2.34. The molecule has 140 valence electrons. The number of rotatable bonds is 9. The van der Waals surface area contributed by atoms with Gasteiger partial charge in [-0.3, -0.25) is 4.99 Å². The Balaban J connectivity index is 1.97. The SMILES string of the molecule is CCNC(=NCC1(CCO)CCOC1)NCC(OC)c1ccccc1. The van der Waals surface area contributed by atoms with Crippen molar-refractivity contribution in [3.63, 3.8) is 0 Å². The van der Waals surface area contributed by atoms with Crippen molar-refractivity contribution < 1.29 is 14.6 Å². The van der Waals surface area contributed by atoms with E-state index in [0.717, 1.165) is 37.5 Å². The summed E-state index contributed by atoms with van der Waals surface area (Å²) in [5.41, 5.74) is 1.09. The van der Waals surface area contributed by atoms with Crippen molar-refractivity contribution in [3.8, 4) is 0 Å². The summed E-state index contributed by atoms with van der Waals surface area (Å²) in [4.78, 5) is 4.73. The van der Waals surface area contributed by atoms with E-state index < -0.39 is 0 Å². The lowest BCUT2D eigenvalue weighted by atomic mass is 9.84. The Kier molecular flexibility index (Phi) is 8.18. The molecule has 0 spiro atoms. The van der Waals surface area contributed by atoms with E-state index in [1.165, 1.54) is 0 Å². The van der Waals surface area contributed by atoms with Crippen LogP contribution in [0.5, 0.6) is 0 Å². The smallest absolute Gasteiger partial charge is 0.191 e. The zero-order chi connectivity index (χ0) is 18.0. The second-order valence-corrected chi connectivity index (χ2v) is 6.49. The third kappa shape index (κ3) is 5.99. The summed E-state index contributed by atoms with van der Waals surface area (Å²) >= 11 is 0. The number of methoxy groups -OCH3 is 1. The molecule has 0 saturated carbocycles. The van der Waals surface area contributed by atoms with Crippen molar-refractivity contribution in [2.75, 3.05) is 46.6 Å². The lowest BCUT2D eigenvalue weighted by Gasteiger charge is -2.25. The van der Waals surface area contributed by atoms with Crippen LogP contribution in [0, 0.1) is 5.41 Å². The maximum atomic E-state index is 9.34. The predicted molar refractivity (Wildman–Crippen MR) is 99.7 cm³/mol. The van der Waals surface area contributed by atoms with Crippen LogP contribution in [-0.2, 0) is 9.47 Å². The van der Waals surface area contributed by atoms with Crippen LogP contribution in [0.1, 0.15) is 31.4 Å². The van der Waals surface area contributed by atoms with Gasteiger partial charge in [0.15, 0.2) is 5.96 Å². The van der Waals surface area contributed by atoms with E-state index in [4.69, 9.17) is 14.5 Å². The van der Waals surface area contributed by atoms with Crippen molar-refractivity contribution in [3.05, 3.63) is 35.9 Å². The van der Waals surface area contributed by atoms with Gasteiger partial charge in [-0.15, -0.1) is 0 Å². The zero-order valence-corrected chi connectivity index (χ0v) is 15.3. The fourth-order valence-electron chi connectivity index (χ4n) is 3.07. The molecular formula is C19H31N3O3. The molecule has 2 rings (SSSR count). The maximum absolute atomic E-state index is 9.34. The summed E-state index contributed by atoms with van der Waals surface area (Å²) in [6.07, 6.45) is 1.63. The van der Waals surface area contributed by atoms with Crippen molar-refractivity contribution >= 4 is 5.96 Å². The Hall–Kier alpha value is -1.63. The first kappa shape index (κ1) is 19.7.